The number of carbonyl (C=O) groups excluding carboxylic acids is 2. The minimum Gasteiger partial charge on any atom is -0.350 e. The summed E-state index contributed by atoms with van der Waals surface area (Å²) in [6.07, 6.45) is 1.23. The summed E-state index contributed by atoms with van der Waals surface area (Å²) in [5.74, 6) is -1.71. The smallest absolute Gasteiger partial charge is 0.244 e. The standard InChI is InChI=1S/C25H34FN3O4S/c1-7-21(24(31)27-25(3,4)5)28(16-19-14-12-18(2)13-15-19)23(30)17-29(34(6,32)33)22-11-9-8-10-20(22)26/h8-15,21H,7,16-17H2,1-6H3,(H,27,31)/t21-/m0/s1. The van der Waals surface area contributed by atoms with E-state index < -0.39 is 39.9 Å². The van der Waals surface area contributed by atoms with Crippen LogP contribution in [-0.2, 0) is 26.2 Å². The predicted molar refractivity (Wildman–Crippen MR) is 132 cm³/mol. The van der Waals surface area contributed by atoms with Crippen LogP contribution in [0.4, 0.5) is 10.1 Å². The summed E-state index contributed by atoms with van der Waals surface area (Å²) >= 11 is 0. The Morgan fingerprint density at radius 3 is 2.15 bits per heavy atom. The maximum absolute atomic E-state index is 14.4. The van der Waals surface area contributed by atoms with Gasteiger partial charge in [-0.1, -0.05) is 48.9 Å². The Morgan fingerprint density at radius 2 is 1.65 bits per heavy atom. The number of hydrogen-bond donors (Lipinski definition) is 1. The Bertz CT molecular complexity index is 1110. The minimum atomic E-state index is -3.98. The van der Waals surface area contributed by atoms with Crippen molar-refractivity contribution in [1.82, 2.24) is 10.2 Å². The minimum absolute atomic E-state index is 0.101. The van der Waals surface area contributed by atoms with Crippen molar-refractivity contribution in [3.63, 3.8) is 0 Å². The van der Waals surface area contributed by atoms with Crippen molar-refractivity contribution in [2.75, 3.05) is 17.1 Å². The largest absolute Gasteiger partial charge is 0.350 e. The molecule has 34 heavy (non-hydrogen) atoms. The number of benzene rings is 2. The van der Waals surface area contributed by atoms with E-state index in [1.807, 2.05) is 52.0 Å². The van der Waals surface area contributed by atoms with Gasteiger partial charge in [0.05, 0.1) is 11.9 Å². The van der Waals surface area contributed by atoms with Crippen LogP contribution in [0.3, 0.4) is 0 Å². The van der Waals surface area contributed by atoms with Gasteiger partial charge in [-0.2, -0.15) is 0 Å². The van der Waals surface area contributed by atoms with Crippen molar-refractivity contribution in [3.05, 3.63) is 65.5 Å². The zero-order chi connectivity index (χ0) is 25.7. The number of aryl methyl sites for hydroxylation is 1. The van der Waals surface area contributed by atoms with Gasteiger partial charge in [0.15, 0.2) is 0 Å². The highest BCUT2D eigenvalue weighted by Crippen LogP contribution is 2.23. The van der Waals surface area contributed by atoms with Crippen molar-refractivity contribution in [1.29, 1.82) is 0 Å². The van der Waals surface area contributed by atoms with Crippen LogP contribution in [0.1, 0.15) is 45.2 Å². The number of anilines is 1. The zero-order valence-corrected chi connectivity index (χ0v) is 21.4. The van der Waals surface area contributed by atoms with E-state index in [4.69, 9.17) is 0 Å². The number of sulfonamides is 1. The van der Waals surface area contributed by atoms with Crippen LogP contribution in [0.2, 0.25) is 0 Å². The number of nitrogens with zero attached hydrogens (tertiary/aromatic N) is 2. The number of amides is 2. The van der Waals surface area contributed by atoms with Crippen LogP contribution >= 0.6 is 0 Å². The van der Waals surface area contributed by atoms with Crippen molar-refractivity contribution in [2.45, 2.75) is 59.2 Å². The molecule has 0 aromatic heterocycles. The summed E-state index contributed by atoms with van der Waals surface area (Å²) in [4.78, 5) is 28.0. The molecule has 0 heterocycles. The summed E-state index contributed by atoms with van der Waals surface area (Å²) in [6.45, 7) is 8.72. The van der Waals surface area contributed by atoms with Crippen molar-refractivity contribution >= 4 is 27.5 Å². The van der Waals surface area contributed by atoms with Crippen LogP contribution in [0.5, 0.6) is 0 Å². The summed E-state index contributed by atoms with van der Waals surface area (Å²) in [5.41, 5.74) is 1.09. The number of halogens is 1. The molecule has 0 spiro atoms. The molecule has 7 nitrogen and oxygen atoms in total. The molecular weight excluding hydrogens is 457 g/mol. The molecule has 0 saturated carbocycles. The molecule has 2 rings (SSSR count). The Hall–Kier alpha value is -2.94. The molecule has 0 radical (unpaired) electrons. The third kappa shape index (κ3) is 7.55. The van der Waals surface area contributed by atoms with Gasteiger partial charge in [-0.3, -0.25) is 13.9 Å². The van der Waals surface area contributed by atoms with Gasteiger partial charge >= 0.3 is 0 Å². The van der Waals surface area contributed by atoms with Crippen LogP contribution in [0, 0.1) is 12.7 Å². The van der Waals surface area contributed by atoms with Crippen LogP contribution in [-0.4, -0.2) is 49.5 Å². The van der Waals surface area contributed by atoms with Crippen LogP contribution in [0.15, 0.2) is 48.5 Å². The lowest BCUT2D eigenvalue weighted by Gasteiger charge is -2.34. The number of rotatable bonds is 9. The number of carbonyl (C=O) groups is 2. The van der Waals surface area contributed by atoms with E-state index in [0.29, 0.717) is 6.42 Å². The molecule has 0 aliphatic carbocycles. The highest BCUT2D eigenvalue weighted by atomic mass is 32.2. The monoisotopic (exact) mass is 491 g/mol. The first-order valence-corrected chi connectivity index (χ1v) is 13.0. The normalized spacial score (nSPS) is 12.7. The predicted octanol–water partition coefficient (Wildman–Crippen LogP) is 3.62. The highest BCUT2D eigenvalue weighted by molar-refractivity contribution is 7.92. The van der Waals surface area contributed by atoms with Crippen LogP contribution in [0.25, 0.3) is 0 Å². The topological polar surface area (TPSA) is 86.8 Å². The molecule has 2 aromatic carbocycles. The Balaban J connectivity index is 2.46. The zero-order valence-electron chi connectivity index (χ0n) is 20.6. The molecule has 186 valence electrons. The van der Waals surface area contributed by atoms with E-state index in [0.717, 1.165) is 27.8 Å². The van der Waals surface area contributed by atoms with Gasteiger partial charge in [0.25, 0.3) is 0 Å². The van der Waals surface area contributed by atoms with E-state index in [2.05, 4.69) is 5.32 Å². The fraction of sp³-hybridized carbons (Fsp3) is 0.440. The fourth-order valence-electron chi connectivity index (χ4n) is 3.51. The second kappa shape index (κ2) is 11.0. The van der Waals surface area contributed by atoms with E-state index in [1.165, 1.54) is 23.1 Å². The van der Waals surface area contributed by atoms with Crippen molar-refractivity contribution in [3.8, 4) is 0 Å². The third-order valence-corrected chi connectivity index (χ3v) is 6.28. The van der Waals surface area contributed by atoms with Gasteiger partial charge in [0, 0.05) is 12.1 Å². The number of para-hydroxylation sites is 1. The molecule has 0 bridgehead atoms. The van der Waals surface area contributed by atoms with Gasteiger partial charge in [0.1, 0.15) is 18.4 Å². The lowest BCUT2D eigenvalue weighted by Crippen LogP contribution is -2.55. The lowest BCUT2D eigenvalue weighted by molar-refractivity contribution is -0.141. The quantitative estimate of drug-likeness (QED) is 0.581. The molecule has 0 unspecified atom stereocenters. The third-order valence-electron chi connectivity index (χ3n) is 5.16. The van der Waals surface area contributed by atoms with E-state index in [-0.39, 0.29) is 18.1 Å². The van der Waals surface area contributed by atoms with Gasteiger partial charge in [-0.05, 0) is 51.8 Å². The molecule has 1 N–H and O–H groups in total. The van der Waals surface area contributed by atoms with Gasteiger partial charge in [-0.25, -0.2) is 12.8 Å². The molecule has 0 aliphatic heterocycles. The lowest BCUT2D eigenvalue weighted by atomic mass is 10.1. The maximum atomic E-state index is 14.4. The SMILES string of the molecule is CC[C@@H](C(=O)NC(C)(C)C)N(Cc1ccc(C)cc1)C(=O)CN(c1ccccc1F)S(C)(=O)=O. The maximum Gasteiger partial charge on any atom is 0.244 e. The molecule has 1 atom stereocenters. The van der Waals surface area contributed by atoms with Crippen molar-refractivity contribution < 1.29 is 22.4 Å². The van der Waals surface area contributed by atoms with E-state index in [1.54, 1.807) is 6.92 Å². The molecule has 2 aromatic rings. The Morgan fingerprint density at radius 1 is 1.06 bits per heavy atom. The second-order valence-electron chi connectivity index (χ2n) is 9.39. The van der Waals surface area contributed by atoms with E-state index in [9.17, 15) is 22.4 Å². The second-order valence-corrected chi connectivity index (χ2v) is 11.3. The van der Waals surface area contributed by atoms with Gasteiger partial charge in [-0.15, -0.1) is 0 Å². The summed E-state index contributed by atoms with van der Waals surface area (Å²) in [5, 5.41) is 2.90. The highest BCUT2D eigenvalue weighted by Gasteiger charge is 2.33. The Labute approximate surface area is 202 Å². The first-order valence-electron chi connectivity index (χ1n) is 11.1. The number of nitrogens with one attached hydrogen (secondary N) is 1. The summed E-state index contributed by atoms with van der Waals surface area (Å²) in [6, 6.07) is 12.0. The molecule has 2 amide bonds. The molecule has 0 fully saturated rings. The number of hydrogen-bond acceptors (Lipinski definition) is 4. The molecule has 0 aliphatic rings. The Kier molecular flexibility index (Phi) is 8.83. The average molecular weight is 492 g/mol. The van der Waals surface area contributed by atoms with Gasteiger partial charge in [0.2, 0.25) is 21.8 Å². The van der Waals surface area contributed by atoms with Crippen LogP contribution < -0.4 is 9.62 Å². The summed E-state index contributed by atoms with van der Waals surface area (Å²) in [7, 11) is -3.98. The average Bonchev–Trinajstić information content (AvgIpc) is 2.71. The molecule has 9 heteroatoms. The van der Waals surface area contributed by atoms with Crippen molar-refractivity contribution in [2.24, 2.45) is 0 Å². The summed E-state index contributed by atoms with van der Waals surface area (Å²) < 4.78 is 40.2. The first-order chi connectivity index (χ1) is 15.7. The molecular formula is C25H34FN3O4S. The first kappa shape index (κ1) is 27.3. The van der Waals surface area contributed by atoms with E-state index >= 15 is 0 Å². The fourth-order valence-corrected chi connectivity index (χ4v) is 4.36. The van der Waals surface area contributed by atoms with Gasteiger partial charge < -0.3 is 10.2 Å². The molecule has 0 saturated heterocycles.